The predicted octanol–water partition coefficient (Wildman–Crippen LogP) is 2.03. The van der Waals surface area contributed by atoms with Crippen molar-refractivity contribution in [3.8, 4) is 0 Å². The van der Waals surface area contributed by atoms with Crippen LogP contribution in [0.3, 0.4) is 0 Å². The van der Waals surface area contributed by atoms with E-state index in [2.05, 4.69) is 0 Å². The fraction of sp³-hybridized carbons (Fsp3) is 0.500. The number of nitrogens with zero attached hydrogens (tertiary/aromatic N) is 1. The number of carbonyl (C=O) groups excluding carboxylic acids is 1. The number of amides is 1. The summed E-state index contributed by atoms with van der Waals surface area (Å²) in [5.41, 5.74) is -1.72. The average Bonchev–Trinajstić information content (AvgIpc) is 2.93. The maximum Gasteiger partial charge on any atom is 0.404 e. The van der Waals surface area contributed by atoms with Crippen molar-refractivity contribution in [2.45, 2.75) is 32.1 Å². The second-order valence-electron chi connectivity index (χ2n) is 6.06. The van der Waals surface area contributed by atoms with Crippen LogP contribution in [0, 0.1) is 5.41 Å². The molecule has 0 bridgehead atoms. The summed E-state index contributed by atoms with van der Waals surface area (Å²) in [6, 6.07) is 7.64. The molecule has 8 heteroatoms. The standard InChI is InChI=1S/C16H19F3N2O3/c1-11(13(22)23)20-14(24)15(16(17,18)19)7-8-21(10-15)9-12-5-3-2-4-6-12/h2-6,11H,7-10H2,1H3,(H,20,24)(H,22,23)/t11-,15?/m1/s1. The van der Waals surface area contributed by atoms with E-state index in [9.17, 15) is 22.8 Å². The van der Waals surface area contributed by atoms with Crippen LogP contribution in [0.25, 0.3) is 0 Å². The van der Waals surface area contributed by atoms with Gasteiger partial charge >= 0.3 is 12.1 Å². The number of hydrogen-bond donors (Lipinski definition) is 2. The number of nitrogens with one attached hydrogen (secondary N) is 1. The monoisotopic (exact) mass is 344 g/mol. The van der Waals surface area contributed by atoms with Gasteiger partial charge < -0.3 is 10.4 Å². The Kier molecular flexibility index (Phi) is 5.17. The zero-order valence-corrected chi connectivity index (χ0v) is 13.1. The van der Waals surface area contributed by atoms with Crippen molar-refractivity contribution >= 4 is 11.9 Å². The van der Waals surface area contributed by atoms with Crippen LogP contribution >= 0.6 is 0 Å². The van der Waals surface area contributed by atoms with E-state index in [-0.39, 0.29) is 13.0 Å². The van der Waals surface area contributed by atoms with Gasteiger partial charge in [0.25, 0.3) is 0 Å². The van der Waals surface area contributed by atoms with Crippen molar-refractivity contribution in [2.24, 2.45) is 5.41 Å². The van der Waals surface area contributed by atoms with Gasteiger partial charge in [0.1, 0.15) is 6.04 Å². The van der Waals surface area contributed by atoms with Gasteiger partial charge in [-0.1, -0.05) is 30.3 Å². The van der Waals surface area contributed by atoms with Crippen LogP contribution in [0.5, 0.6) is 0 Å². The van der Waals surface area contributed by atoms with Crippen molar-refractivity contribution in [3.05, 3.63) is 35.9 Å². The summed E-state index contributed by atoms with van der Waals surface area (Å²) in [5.74, 6) is -2.65. The molecule has 0 aromatic heterocycles. The molecule has 1 aromatic rings. The molecule has 132 valence electrons. The molecule has 0 saturated carbocycles. The number of aliphatic carboxylic acids is 1. The third kappa shape index (κ3) is 3.69. The number of likely N-dealkylation sites (tertiary alicyclic amines) is 1. The lowest BCUT2D eigenvalue weighted by Crippen LogP contribution is -2.55. The third-order valence-corrected chi connectivity index (χ3v) is 4.29. The van der Waals surface area contributed by atoms with Crippen LogP contribution < -0.4 is 5.32 Å². The van der Waals surface area contributed by atoms with Crippen LogP contribution in [0.2, 0.25) is 0 Å². The third-order valence-electron chi connectivity index (χ3n) is 4.29. The van der Waals surface area contributed by atoms with Gasteiger partial charge in [-0.05, 0) is 25.5 Å². The van der Waals surface area contributed by atoms with Gasteiger partial charge in [-0.3, -0.25) is 14.5 Å². The van der Waals surface area contributed by atoms with Crippen molar-refractivity contribution in [3.63, 3.8) is 0 Å². The zero-order chi connectivity index (χ0) is 18.0. The molecule has 1 fully saturated rings. The van der Waals surface area contributed by atoms with Gasteiger partial charge in [-0.2, -0.15) is 13.2 Å². The molecule has 1 amide bonds. The molecule has 1 aromatic carbocycles. The van der Waals surface area contributed by atoms with Crippen molar-refractivity contribution in [1.29, 1.82) is 0 Å². The largest absolute Gasteiger partial charge is 0.480 e. The van der Waals surface area contributed by atoms with E-state index in [0.717, 1.165) is 12.5 Å². The van der Waals surface area contributed by atoms with E-state index in [1.54, 1.807) is 29.2 Å². The molecule has 1 saturated heterocycles. The van der Waals surface area contributed by atoms with Crippen LogP contribution in [-0.2, 0) is 16.1 Å². The number of alkyl halides is 3. The van der Waals surface area contributed by atoms with Crippen molar-refractivity contribution in [1.82, 2.24) is 10.2 Å². The fourth-order valence-electron chi connectivity index (χ4n) is 2.81. The first-order valence-corrected chi connectivity index (χ1v) is 7.52. The molecular formula is C16H19F3N2O3. The van der Waals surface area contributed by atoms with E-state index in [1.165, 1.54) is 0 Å². The summed E-state index contributed by atoms with van der Waals surface area (Å²) in [5, 5.41) is 10.8. The average molecular weight is 344 g/mol. The van der Waals surface area contributed by atoms with E-state index in [4.69, 9.17) is 5.11 Å². The van der Waals surface area contributed by atoms with Gasteiger partial charge in [-0.15, -0.1) is 0 Å². The normalized spacial score (nSPS) is 23.0. The SMILES string of the molecule is C[C@@H](NC(=O)C1(C(F)(F)F)CCN(Cc2ccccc2)C1)C(=O)O. The molecule has 24 heavy (non-hydrogen) atoms. The molecule has 1 aliphatic rings. The van der Waals surface area contributed by atoms with E-state index in [0.29, 0.717) is 6.54 Å². The summed E-state index contributed by atoms with van der Waals surface area (Å²) in [6.07, 6.45) is -5.14. The minimum atomic E-state index is -4.75. The Morgan fingerprint density at radius 3 is 2.50 bits per heavy atom. The Morgan fingerprint density at radius 1 is 1.33 bits per heavy atom. The van der Waals surface area contributed by atoms with Gasteiger partial charge in [0.15, 0.2) is 5.41 Å². The second kappa shape index (κ2) is 6.80. The predicted molar refractivity (Wildman–Crippen MR) is 80.1 cm³/mol. The van der Waals surface area contributed by atoms with Crippen LogP contribution in [0.15, 0.2) is 30.3 Å². The van der Waals surface area contributed by atoms with Crippen molar-refractivity contribution in [2.75, 3.05) is 13.1 Å². The Bertz CT molecular complexity index is 606. The smallest absolute Gasteiger partial charge is 0.404 e. The number of benzene rings is 1. The lowest BCUT2D eigenvalue weighted by Gasteiger charge is -2.31. The molecule has 2 atom stereocenters. The lowest BCUT2D eigenvalue weighted by atomic mass is 9.85. The lowest BCUT2D eigenvalue weighted by molar-refractivity contribution is -0.218. The molecule has 5 nitrogen and oxygen atoms in total. The van der Waals surface area contributed by atoms with Gasteiger partial charge in [-0.25, -0.2) is 0 Å². The topological polar surface area (TPSA) is 69.6 Å². The van der Waals surface area contributed by atoms with Gasteiger partial charge in [0.2, 0.25) is 5.91 Å². The molecule has 1 heterocycles. The molecule has 0 radical (unpaired) electrons. The van der Waals surface area contributed by atoms with Crippen molar-refractivity contribution < 1.29 is 27.9 Å². The summed E-state index contributed by atoms with van der Waals surface area (Å²) < 4.78 is 40.8. The highest BCUT2D eigenvalue weighted by molar-refractivity contribution is 5.88. The highest BCUT2D eigenvalue weighted by Gasteiger charge is 2.63. The van der Waals surface area contributed by atoms with Crippen LogP contribution in [-0.4, -0.2) is 47.2 Å². The molecule has 2 rings (SSSR count). The number of hydrogen-bond acceptors (Lipinski definition) is 3. The quantitative estimate of drug-likeness (QED) is 0.858. The number of carboxylic acids is 1. The Morgan fingerprint density at radius 2 is 1.96 bits per heavy atom. The molecule has 2 N–H and O–H groups in total. The second-order valence-corrected chi connectivity index (χ2v) is 6.06. The Balaban J connectivity index is 2.15. The number of rotatable bonds is 5. The molecule has 1 aliphatic heterocycles. The number of halogens is 3. The van der Waals surface area contributed by atoms with Crippen LogP contribution in [0.1, 0.15) is 18.9 Å². The first-order valence-electron chi connectivity index (χ1n) is 7.52. The zero-order valence-electron chi connectivity index (χ0n) is 13.1. The van der Waals surface area contributed by atoms with E-state index < -0.39 is 36.1 Å². The first kappa shape index (κ1) is 18.3. The fourth-order valence-corrected chi connectivity index (χ4v) is 2.81. The van der Waals surface area contributed by atoms with E-state index in [1.807, 2.05) is 11.4 Å². The maximum absolute atomic E-state index is 13.6. The highest BCUT2D eigenvalue weighted by Crippen LogP contribution is 2.46. The Labute approximate surface area is 137 Å². The highest BCUT2D eigenvalue weighted by atomic mass is 19.4. The summed E-state index contributed by atoms with van der Waals surface area (Å²) in [7, 11) is 0. The van der Waals surface area contributed by atoms with Gasteiger partial charge in [0.05, 0.1) is 0 Å². The molecule has 0 spiro atoms. The molecule has 0 aliphatic carbocycles. The minimum Gasteiger partial charge on any atom is -0.480 e. The minimum absolute atomic E-state index is 0.114. The molecular weight excluding hydrogens is 325 g/mol. The van der Waals surface area contributed by atoms with Crippen LogP contribution in [0.4, 0.5) is 13.2 Å². The summed E-state index contributed by atoms with van der Waals surface area (Å²) in [6.45, 7) is 1.08. The first-order chi connectivity index (χ1) is 11.2. The Hall–Kier alpha value is -2.09. The van der Waals surface area contributed by atoms with E-state index >= 15 is 0 Å². The van der Waals surface area contributed by atoms with Gasteiger partial charge in [0, 0.05) is 13.1 Å². The summed E-state index contributed by atoms with van der Waals surface area (Å²) in [4.78, 5) is 24.6. The number of carboxylic acid groups (broad SMARTS) is 1. The summed E-state index contributed by atoms with van der Waals surface area (Å²) >= 11 is 0. The number of carbonyl (C=O) groups is 2. The maximum atomic E-state index is 13.6. The molecule has 1 unspecified atom stereocenters.